The van der Waals surface area contributed by atoms with Crippen molar-refractivity contribution >= 4 is 31.7 Å². The van der Waals surface area contributed by atoms with Gasteiger partial charge in [-0.05, 0) is 61.1 Å². The molecule has 0 radical (unpaired) electrons. The molecule has 2 aromatic carbocycles. The van der Waals surface area contributed by atoms with Crippen molar-refractivity contribution in [2.75, 3.05) is 19.5 Å². The molecule has 1 N–H and O–H groups in total. The van der Waals surface area contributed by atoms with E-state index in [1.54, 1.807) is 0 Å². The SMILES string of the molecule is Cc1cnn(C)c1-c1cnc2c3ccc(S(C)(=N)=O)cc3n([C@H](c3ccccc3)C3CCOCC3)c2c1. The summed E-state index contributed by atoms with van der Waals surface area (Å²) in [5, 5.41) is 5.45. The molecule has 1 aliphatic heterocycles. The van der Waals surface area contributed by atoms with Crippen LogP contribution in [0.4, 0.5) is 0 Å². The first-order chi connectivity index (χ1) is 17.8. The van der Waals surface area contributed by atoms with E-state index in [0.717, 1.165) is 64.8 Å². The summed E-state index contributed by atoms with van der Waals surface area (Å²) in [6.07, 6.45) is 7.19. The van der Waals surface area contributed by atoms with Gasteiger partial charge in [0.2, 0.25) is 0 Å². The minimum absolute atomic E-state index is 0.0451. The van der Waals surface area contributed by atoms with Crippen molar-refractivity contribution in [3.05, 3.63) is 78.1 Å². The van der Waals surface area contributed by atoms with Gasteiger partial charge in [0.1, 0.15) is 0 Å². The molecular formula is C29H31N5O2S. The lowest BCUT2D eigenvalue weighted by Gasteiger charge is -2.33. The highest BCUT2D eigenvalue weighted by molar-refractivity contribution is 7.91. The molecule has 0 bridgehead atoms. The van der Waals surface area contributed by atoms with Gasteiger partial charge in [-0.2, -0.15) is 5.10 Å². The van der Waals surface area contributed by atoms with Gasteiger partial charge in [0.25, 0.3) is 0 Å². The van der Waals surface area contributed by atoms with E-state index >= 15 is 0 Å². The normalized spacial score (nSPS) is 17.3. The van der Waals surface area contributed by atoms with Crippen molar-refractivity contribution < 1.29 is 8.95 Å². The van der Waals surface area contributed by atoms with Crippen molar-refractivity contribution in [3.63, 3.8) is 0 Å². The second-order valence-electron chi connectivity index (χ2n) is 10.1. The Hall–Kier alpha value is -3.49. The smallest absolute Gasteiger partial charge is 0.0960 e. The van der Waals surface area contributed by atoms with Crippen LogP contribution in [-0.4, -0.2) is 43.0 Å². The molecule has 0 amide bonds. The zero-order valence-electron chi connectivity index (χ0n) is 21.3. The predicted molar refractivity (Wildman–Crippen MR) is 147 cm³/mol. The summed E-state index contributed by atoms with van der Waals surface area (Å²) in [6.45, 7) is 3.54. The van der Waals surface area contributed by atoms with Crippen LogP contribution in [0.5, 0.6) is 0 Å². The molecule has 190 valence electrons. The first kappa shape index (κ1) is 23.9. The fourth-order valence-electron chi connectivity index (χ4n) is 5.83. The maximum absolute atomic E-state index is 12.8. The Morgan fingerprint density at radius 1 is 1.05 bits per heavy atom. The highest BCUT2D eigenvalue weighted by Gasteiger charge is 2.30. The Bertz CT molecular complexity index is 1690. The first-order valence-corrected chi connectivity index (χ1v) is 14.6. The van der Waals surface area contributed by atoms with Crippen LogP contribution in [0.3, 0.4) is 0 Å². The molecule has 3 aromatic heterocycles. The summed E-state index contributed by atoms with van der Waals surface area (Å²) in [5.74, 6) is 0.364. The minimum Gasteiger partial charge on any atom is -0.381 e. The summed E-state index contributed by atoms with van der Waals surface area (Å²) in [4.78, 5) is 5.51. The third-order valence-corrected chi connectivity index (χ3v) is 8.74. The zero-order valence-corrected chi connectivity index (χ0v) is 22.2. The van der Waals surface area contributed by atoms with Gasteiger partial charge in [-0.1, -0.05) is 30.3 Å². The number of nitrogens with one attached hydrogen (secondary N) is 1. The van der Waals surface area contributed by atoms with E-state index in [4.69, 9.17) is 14.5 Å². The van der Waals surface area contributed by atoms with Crippen molar-refractivity contribution in [1.82, 2.24) is 19.3 Å². The van der Waals surface area contributed by atoms with Crippen molar-refractivity contribution in [1.29, 1.82) is 4.78 Å². The number of aromatic nitrogens is 4. The van der Waals surface area contributed by atoms with Crippen molar-refractivity contribution in [2.24, 2.45) is 13.0 Å². The number of ether oxygens (including phenoxy) is 1. The third kappa shape index (κ3) is 4.14. The second kappa shape index (κ2) is 9.11. The van der Waals surface area contributed by atoms with Crippen LogP contribution in [0.25, 0.3) is 33.2 Å². The lowest BCUT2D eigenvalue weighted by molar-refractivity contribution is 0.0553. The van der Waals surface area contributed by atoms with Crippen molar-refractivity contribution in [2.45, 2.75) is 30.7 Å². The Kier molecular flexibility index (Phi) is 5.88. The highest BCUT2D eigenvalue weighted by Crippen LogP contribution is 2.41. The first-order valence-electron chi connectivity index (χ1n) is 12.6. The van der Waals surface area contributed by atoms with Gasteiger partial charge < -0.3 is 9.30 Å². The van der Waals surface area contributed by atoms with E-state index in [1.807, 2.05) is 48.4 Å². The number of aryl methyl sites for hydroxylation is 2. The molecule has 6 rings (SSSR count). The quantitative estimate of drug-likeness (QED) is 0.315. The van der Waals surface area contributed by atoms with Crippen LogP contribution in [0.2, 0.25) is 0 Å². The van der Waals surface area contributed by atoms with E-state index in [2.05, 4.69) is 46.9 Å². The molecule has 4 heterocycles. The Morgan fingerprint density at radius 2 is 1.81 bits per heavy atom. The molecular weight excluding hydrogens is 482 g/mol. The summed E-state index contributed by atoms with van der Waals surface area (Å²) in [5.41, 5.74) is 7.26. The van der Waals surface area contributed by atoms with Gasteiger partial charge in [-0.25, -0.2) is 8.99 Å². The monoisotopic (exact) mass is 513 g/mol. The molecule has 5 aromatic rings. The van der Waals surface area contributed by atoms with Crippen LogP contribution in [0, 0.1) is 17.6 Å². The van der Waals surface area contributed by atoms with Gasteiger partial charge in [0, 0.05) is 48.6 Å². The number of nitrogens with zero attached hydrogens (tertiary/aromatic N) is 4. The third-order valence-electron chi connectivity index (χ3n) is 7.59. The molecule has 1 saturated heterocycles. The van der Waals surface area contributed by atoms with E-state index in [9.17, 15) is 4.21 Å². The Morgan fingerprint density at radius 3 is 2.49 bits per heavy atom. The van der Waals surface area contributed by atoms with Crippen molar-refractivity contribution in [3.8, 4) is 11.3 Å². The summed E-state index contributed by atoms with van der Waals surface area (Å²) in [6, 6.07) is 18.6. The topological polar surface area (TPSA) is 85.8 Å². The maximum Gasteiger partial charge on any atom is 0.0960 e. The summed E-state index contributed by atoms with van der Waals surface area (Å²) in [7, 11) is -0.930. The van der Waals surface area contributed by atoms with Gasteiger partial charge >= 0.3 is 0 Å². The van der Waals surface area contributed by atoms with Gasteiger partial charge in [0.15, 0.2) is 0 Å². The van der Waals surface area contributed by atoms with Crippen LogP contribution in [0.1, 0.15) is 30.0 Å². The number of pyridine rings is 1. The zero-order chi connectivity index (χ0) is 25.7. The second-order valence-corrected chi connectivity index (χ2v) is 12.2. The average molecular weight is 514 g/mol. The fourth-order valence-corrected chi connectivity index (χ4v) is 6.50. The number of fused-ring (bicyclic) bond motifs is 3. The molecule has 37 heavy (non-hydrogen) atoms. The molecule has 0 spiro atoms. The van der Waals surface area contributed by atoms with Crippen LogP contribution < -0.4 is 0 Å². The number of hydrogen-bond donors (Lipinski definition) is 1. The van der Waals surface area contributed by atoms with E-state index in [1.165, 1.54) is 11.8 Å². The Labute approximate surface area is 217 Å². The largest absolute Gasteiger partial charge is 0.381 e. The lowest BCUT2D eigenvalue weighted by Crippen LogP contribution is -2.27. The summed E-state index contributed by atoms with van der Waals surface area (Å²) < 4.78 is 31.1. The minimum atomic E-state index is -2.88. The molecule has 7 nitrogen and oxygen atoms in total. The maximum atomic E-state index is 12.8. The van der Waals surface area contributed by atoms with E-state index in [0.29, 0.717) is 10.8 Å². The lowest BCUT2D eigenvalue weighted by atomic mass is 9.86. The Balaban J connectivity index is 1.71. The fraction of sp³-hybridized carbons (Fsp3) is 0.310. The number of benzene rings is 2. The molecule has 1 aliphatic rings. The van der Waals surface area contributed by atoms with E-state index < -0.39 is 9.73 Å². The van der Waals surface area contributed by atoms with Gasteiger partial charge in [-0.3, -0.25) is 9.67 Å². The standard InChI is InChI=1S/C29H31N5O2S/c1-19-17-32-33(2)28(19)22-15-26-27(31-18-22)24-10-9-23(37(3,30)35)16-25(24)34(26)29(20-7-5-4-6-8-20)21-11-13-36-14-12-21/h4-10,15-18,21,29-30H,11-14H2,1-3H3/t29-,37?/m1/s1. The molecule has 2 atom stereocenters. The average Bonchev–Trinajstić information content (AvgIpc) is 3.40. The molecule has 1 unspecified atom stereocenters. The number of rotatable bonds is 5. The molecule has 0 aliphatic carbocycles. The van der Waals surface area contributed by atoms with Gasteiger partial charge in [-0.15, -0.1) is 0 Å². The van der Waals surface area contributed by atoms with Crippen LogP contribution >= 0.6 is 0 Å². The van der Waals surface area contributed by atoms with Crippen LogP contribution in [0.15, 0.2) is 71.9 Å². The highest BCUT2D eigenvalue weighted by atomic mass is 32.2. The summed E-state index contributed by atoms with van der Waals surface area (Å²) >= 11 is 0. The molecule has 8 heteroatoms. The van der Waals surface area contributed by atoms with E-state index in [-0.39, 0.29) is 6.04 Å². The van der Waals surface area contributed by atoms with Gasteiger partial charge in [0.05, 0.1) is 44.2 Å². The predicted octanol–water partition coefficient (Wildman–Crippen LogP) is 5.95. The van der Waals surface area contributed by atoms with Crippen LogP contribution in [-0.2, 0) is 21.5 Å². The molecule has 0 saturated carbocycles. The number of hydrogen-bond acceptors (Lipinski definition) is 5. The molecule has 1 fully saturated rings.